The molecule has 4 nitrogen and oxygen atoms in total. The van der Waals surface area contributed by atoms with E-state index in [0.717, 1.165) is 32.5 Å². The molecule has 0 saturated carbocycles. The predicted octanol–water partition coefficient (Wildman–Crippen LogP) is 1.66. The van der Waals surface area contributed by atoms with Crippen LogP contribution in [0.1, 0.15) is 30.2 Å². The van der Waals surface area contributed by atoms with E-state index in [4.69, 9.17) is 4.74 Å². The summed E-state index contributed by atoms with van der Waals surface area (Å²) in [4.78, 5) is 3.73. The molecule has 5 heteroatoms. The second-order valence-electron chi connectivity index (χ2n) is 5.37. The van der Waals surface area contributed by atoms with Crippen LogP contribution in [-0.2, 0) is 4.74 Å². The molecule has 3 rings (SSSR count). The summed E-state index contributed by atoms with van der Waals surface area (Å²) >= 11 is 1.60. The molecule has 2 aliphatic heterocycles. The van der Waals surface area contributed by atoms with E-state index in [2.05, 4.69) is 27.7 Å². The van der Waals surface area contributed by atoms with Crippen molar-refractivity contribution < 1.29 is 4.74 Å². The van der Waals surface area contributed by atoms with Gasteiger partial charge in [0.1, 0.15) is 0 Å². The molecule has 100 valence electrons. The summed E-state index contributed by atoms with van der Waals surface area (Å²) in [7, 11) is 2.21. The second-order valence-corrected chi connectivity index (χ2v) is 6.24. The van der Waals surface area contributed by atoms with Crippen molar-refractivity contribution in [2.75, 3.05) is 33.3 Å². The van der Waals surface area contributed by atoms with Crippen LogP contribution in [0.4, 0.5) is 0 Å². The molecule has 0 bridgehead atoms. The lowest BCUT2D eigenvalue weighted by Crippen LogP contribution is -2.52. The first-order valence-corrected chi connectivity index (χ1v) is 7.54. The molecular formula is C13H21N3OS. The highest BCUT2D eigenvalue weighted by Gasteiger charge is 2.44. The Bertz CT molecular complexity index is 384. The minimum atomic E-state index is -0.0183. The smallest absolute Gasteiger partial charge is 0.0898 e. The number of hydrogen-bond acceptors (Lipinski definition) is 5. The molecule has 2 aliphatic rings. The van der Waals surface area contributed by atoms with E-state index in [1.807, 2.05) is 6.20 Å². The number of likely N-dealkylation sites (tertiary alicyclic amines) is 1. The fraction of sp³-hybridized carbons (Fsp3) is 0.769. The molecule has 0 amide bonds. The average Bonchev–Trinajstić information content (AvgIpc) is 2.84. The molecule has 18 heavy (non-hydrogen) atoms. The first-order valence-electron chi connectivity index (χ1n) is 6.77. The molecule has 2 unspecified atom stereocenters. The zero-order valence-electron chi connectivity index (χ0n) is 10.9. The van der Waals surface area contributed by atoms with Crippen LogP contribution in [0.15, 0.2) is 12.3 Å². The summed E-state index contributed by atoms with van der Waals surface area (Å²) in [6.07, 6.45) is 5.37. The Labute approximate surface area is 112 Å². The molecule has 2 atom stereocenters. The van der Waals surface area contributed by atoms with Crippen LogP contribution in [0.5, 0.6) is 0 Å². The van der Waals surface area contributed by atoms with Crippen molar-refractivity contribution in [3.05, 3.63) is 17.1 Å². The standard InChI is InChI=1S/C13H21N3OS/c1-16-8-2-4-13(5-9-16)12(14-7-10-17-13)11-3-6-15-18-11/h3,6,12,14H,2,4-5,7-10H2,1H3. The lowest BCUT2D eigenvalue weighted by Gasteiger charge is -2.43. The van der Waals surface area contributed by atoms with Crippen LogP contribution in [-0.4, -0.2) is 48.2 Å². The third-order valence-corrected chi connectivity index (χ3v) is 4.97. The third-order valence-electron chi connectivity index (χ3n) is 4.16. The van der Waals surface area contributed by atoms with E-state index in [0.29, 0.717) is 6.04 Å². The summed E-state index contributed by atoms with van der Waals surface area (Å²) in [5, 5.41) is 3.65. The highest BCUT2D eigenvalue weighted by atomic mass is 32.1. The summed E-state index contributed by atoms with van der Waals surface area (Å²) < 4.78 is 10.5. The van der Waals surface area contributed by atoms with Gasteiger partial charge in [0.05, 0.1) is 18.2 Å². The summed E-state index contributed by atoms with van der Waals surface area (Å²) in [6.45, 7) is 4.08. The number of nitrogens with zero attached hydrogens (tertiary/aromatic N) is 2. The molecule has 0 aliphatic carbocycles. The van der Waals surface area contributed by atoms with Gasteiger partial charge in [-0.25, -0.2) is 4.37 Å². The number of hydrogen-bond donors (Lipinski definition) is 1. The molecule has 0 aromatic carbocycles. The number of rotatable bonds is 1. The van der Waals surface area contributed by atoms with Gasteiger partial charge >= 0.3 is 0 Å². The molecular weight excluding hydrogens is 246 g/mol. The highest BCUT2D eigenvalue weighted by Crippen LogP contribution is 2.40. The maximum atomic E-state index is 6.26. The average molecular weight is 267 g/mol. The van der Waals surface area contributed by atoms with E-state index in [1.165, 1.54) is 17.8 Å². The van der Waals surface area contributed by atoms with Crippen molar-refractivity contribution in [3.8, 4) is 0 Å². The van der Waals surface area contributed by atoms with Gasteiger partial charge in [-0.3, -0.25) is 0 Å². The Kier molecular flexibility index (Phi) is 3.66. The van der Waals surface area contributed by atoms with Gasteiger partial charge in [-0.15, -0.1) is 0 Å². The number of morpholine rings is 1. The van der Waals surface area contributed by atoms with E-state index >= 15 is 0 Å². The lowest BCUT2D eigenvalue weighted by molar-refractivity contribution is -0.106. The van der Waals surface area contributed by atoms with E-state index in [-0.39, 0.29) is 5.60 Å². The van der Waals surface area contributed by atoms with Crippen molar-refractivity contribution in [1.29, 1.82) is 0 Å². The monoisotopic (exact) mass is 267 g/mol. The Morgan fingerprint density at radius 1 is 1.50 bits per heavy atom. The Balaban J connectivity index is 1.86. The maximum Gasteiger partial charge on any atom is 0.0898 e. The zero-order valence-corrected chi connectivity index (χ0v) is 11.7. The Hall–Kier alpha value is -0.490. The van der Waals surface area contributed by atoms with Gasteiger partial charge in [0.15, 0.2) is 0 Å². The normalized spacial score (nSPS) is 34.6. The lowest BCUT2D eigenvalue weighted by atomic mass is 9.84. The topological polar surface area (TPSA) is 37.4 Å². The van der Waals surface area contributed by atoms with Crippen molar-refractivity contribution in [3.63, 3.8) is 0 Å². The van der Waals surface area contributed by atoms with Crippen LogP contribution >= 0.6 is 11.5 Å². The molecule has 1 aromatic rings. The fourth-order valence-electron chi connectivity index (χ4n) is 3.16. The maximum absolute atomic E-state index is 6.26. The predicted molar refractivity (Wildman–Crippen MR) is 72.9 cm³/mol. The van der Waals surface area contributed by atoms with Crippen LogP contribution in [0.3, 0.4) is 0 Å². The van der Waals surface area contributed by atoms with Gasteiger partial charge in [0, 0.05) is 24.2 Å². The van der Waals surface area contributed by atoms with E-state index in [9.17, 15) is 0 Å². The van der Waals surface area contributed by atoms with E-state index in [1.54, 1.807) is 11.5 Å². The van der Waals surface area contributed by atoms with Gasteiger partial charge in [0.2, 0.25) is 0 Å². The van der Waals surface area contributed by atoms with Crippen molar-refractivity contribution >= 4 is 11.5 Å². The van der Waals surface area contributed by atoms with Gasteiger partial charge < -0.3 is 15.0 Å². The molecule has 0 radical (unpaired) electrons. The molecule has 1 N–H and O–H groups in total. The zero-order chi connectivity index (χ0) is 12.4. The van der Waals surface area contributed by atoms with Crippen molar-refractivity contribution in [1.82, 2.24) is 14.6 Å². The summed E-state index contributed by atoms with van der Waals surface area (Å²) in [5.74, 6) is 0. The summed E-state index contributed by atoms with van der Waals surface area (Å²) in [5.41, 5.74) is -0.0183. The van der Waals surface area contributed by atoms with Gasteiger partial charge in [0.25, 0.3) is 0 Å². The molecule has 1 aromatic heterocycles. The molecule has 3 heterocycles. The minimum absolute atomic E-state index is 0.0183. The summed E-state index contributed by atoms with van der Waals surface area (Å²) in [6, 6.07) is 2.46. The minimum Gasteiger partial charge on any atom is -0.372 e. The van der Waals surface area contributed by atoms with Crippen LogP contribution in [0.25, 0.3) is 0 Å². The van der Waals surface area contributed by atoms with Crippen LogP contribution in [0.2, 0.25) is 0 Å². The molecule has 2 saturated heterocycles. The van der Waals surface area contributed by atoms with Crippen LogP contribution < -0.4 is 5.32 Å². The third kappa shape index (κ3) is 2.32. The molecule has 2 fully saturated rings. The fourth-order valence-corrected chi connectivity index (χ4v) is 3.93. The highest BCUT2D eigenvalue weighted by molar-refractivity contribution is 7.05. The number of aromatic nitrogens is 1. The van der Waals surface area contributed by atoms with E-state index < -0.39 is 0 Å². The second kappa shape index (κ2) is 5.25. The van der Waals surface area contributed by atoms with Crippen molar-refractivity contribution in [2.24, 2.45) is 0 Å². The van der Waals surface area contributed by atoms with Gasteiger partial charge in [-0.05, 0) is 50.5 Å². The number of nitrogens with one attached hydrogen (secondary N) is 1. The quantitative estimate of drug-likeness (QED) is 0.840. The first-order chi connectivity index (χ1) is 8.80. The molecule has 1 spiro atoms. The van der Waals surface area contributed by atoms with Crippen LogP contribution in [0, 0.1) is 0 Å². The Morgan fingerprint density at radius 3 is 3.28 bits per heavy atom. The number of ether oxygens (including phenoxy) is 1. The van der Waals surface area contributed by atoms with Crippen molar-refractivity contribution in [2.45, 2.75) is 30.9 Å². The SMILES string of the molecule is CN1CCCC2(CC1)OCCNC2c1ccns1. The van der Waals surface area contributed by atoms with Gasteiger partial charge in [-0.2, -0.15) is 0 Å². The van der Waals surface area contributed by atoms with Gasteiger partial charge in [-0.1, -0.05) is 0 Å². The Morgan fingerprint density at radius 2 is 2.44 bits per heavy atom. The first kappa shape index (κ1) is 12.5. The largest absolute Gasteiger partial charge is 0.372 e.